The molecule has 4 nitrogen and oxygen atoms in total. The van der Waals surface area contributed by atoms with Crippen molar-refractivity contribution in [1.82, 2.24) is 9.88 Å². The van der Waals surface area contributed by atoms with Crippen LogP contribution in [0.4, 0.5) is 0 Å². The summed E-state index contributed by atoms with van der Waals surface area (Å²) >= 11 is 0. The summed E-state index contributed by atoms with van der Waals surface area (Å²) in [5.74, 6) is 0.116. The number of aromatic nitrogens is 1. The summed E-state index contributed by atoms with van der Waals surface area (Å²) in [5, 5.41) is 7.49. The van der Waals surface area contributed by atoms with Crippen LogP contribution in [0.1, 0.15) is 29.3 Å². The van der Waals surface area contributed by atoms with Crippen molar-refractivity contribution in [2.24, 2.45) is 5.73 Å². The van der Waals surface area contributed by atoms with Crippen molar-refractivity contribution in [3.63, 3.8) is 0 Å². The Bertz CT molecular complexity index is 607. The van der Waals surface area contributed by atoms with Crippen LogP contribution in [0.3, 0.4) is 0 Å². The average Bonchev–Trinajstić information content (AvgIpc) is 2.49. The fourth-order valence-electron chi connectivity index (χ4n) is 2.28. The van der Waals surface area contributed by atoms with E-state index in [9.17, 15) is 0 Å². The smallest absolute Gasteiger partial charge is 0.122 e. The van der Waals surface area contributed by atoms with Gasteiger partial charge in [0.25, 0.3) is 0 Å². The molecule has 0 spiro atoms. The van der Waals surface area contributed by atoms with Gasteiger partial charge in [0.05, 0.1) is 5.69 Å². The van der Waals surface area contributed by atoms with Crippen LogP contribution in [0, 0.1) is 12.3 Å². The number of nitrogens with one attached hydrogen (secondary N) is 1. The molecule has 1 heterocycles. The van der Waals surface area contributed by atoms with Crippen molar-refractivity contribution in [2.75, 3.05) is 6.54 Å². The third kappa shape index (κ3) is 4.13. The van der Waals surface area contributed by atoms with E-state index in [1.807, 2.05) is 36.5 Å². The van der Waals surface area contributed by atoms with Crippen LogP contribution in [0.5, 0.6) is 0 Å². The monoisotopic (exact) mass is 282 g/mol. The molecule has 21 heavy (non-hydrogen) atoms. The van der Waals surface area contributed by atoms with Gasteiger partial charge >= 0.3 is 0 Å². The van der Waals surface area contributed by atoms with Crippen LogP contribution in [-0.2, 0) is 13.1 Å². The van der Waals surface area contributed by atoms with E-state index in [0.29, 0.717) is 0 Å². The number of benzene rings is 1. The number of hydrogen-bond donors (Lipinski definition) is 2. The number of nitrogens with two attached hydrogens (primary N) is 1. The Labute approximate surface area is 126 Å². The molecular weight excluding hydrogens is 260 g/mol. The highest BCUT2D eigenvalue weighted by molar-refractivity contribution is 5.95. The number of amidine groups is 1. The molecule has 2 rings (SSSR count). The maximum Gasteiger partial charge on any atom is 0.122 e. The van der Waals surface area contributed by atoms with Gasteiger partial charge in [-0.3, -0.25) is 15.3 Å². The molecule has 4 heteroatoms. The molecular formula is C17H22N4. The molecule has 0 amide bonds. The molecule has 0 radical (unpaired) electrons. The average molecular weight is 282 g/mol. The number of nitrogens with zero attached hydrogens (tertiary/aromatic N) is 2. The minimum atomic E-state index is 0.116. The van der Waals surface area contributed by atoms with Gasteiger partial charge in [0, 0.05) is 24.8 Å². The standard InChI is InChI=1S/C17H22N4/c1-3-21(12-16-6-4-5-9-20-16)11-15-8-7-14(17(18)19)10-13(15)2/h4-10H,3,11-12H2,1-2H3,(H3,18,19). The van der Waals surface area contributed by atoms with Gasteiger partial charge in [-0.05, 0) is 42.8 Å². The van der Waals surface area contributed by atoms with Crippen LogP contribution >= 0.6 is 0 Å². The summed E-state index contributed by atoms with van der Waals surface area (Å²) in [6.07, 6.45) is 1.83. The molecule has 0 saturated carbocycles. The zero-order valence-electron chi connectivity index (χ0n) is 12.6. The van der Waals surface area contributed by atoms with E-state index in [0.717, 1.165) is 30.9 Å². The summed E-state index contributed by atoms with van der Waals surface area (Å²) in [5.41, 5.74) is 9.82. The first-order chi connectivity index (χ1) is 10.1. The zero-order valence-corrected chi connectivity index (χ0v) is 12.6. The van der Waals surface area contributed by atoms with Gasteiger partial charge in [0.1, 0.15) is 5.84 Å². The molecule has 0 bridgehead atoms. The van der Waals surface area contributed by atoms with Crippen molar-refractivity contribution in [1.29, 1.82) is 5.41 Å². The van der Waals surface area contributed by atoms with Crippen molar-refractivity contribution >= 4 is 5.84 Å². The van der Waals surface area contributed by atoms with Gasteiger partial charge in [0.15, 0.2) is 0 Å². The number of aryl methyl sites for hydroxylation is 1. The molecule has 0 unspecified atom stereocenters. The molecule has 1 aromatic heterocycles. The van der Waals surface area contributed by atoms with Crippen LogP contribution < -0.4 is 5.73 Å². The van der Waals surface area contributed by atoms with E-state index in [4.69, 9.17) is 11.1 Å². The Morgan fingerprint density at radius 3 is 2.62 bits per heavy atom. The minimum absolute atomic E-state index is 0.116. The topological polar surface area (TPSA) is 66.0 Å². The van der Waals surface area contributed by atoms with Crippen molar-refractivity contribution in [3.8, 4) is 0 Å². The fourth-order valence-corrected chi connectivity index (χ4v) is 2.28. The van der Waals surface area contributed by atoms with Crippen molar-refractivity contribution in [3.05, 3.63) is 65.0 Å². The van der Waals surface area contributed by atoms with Crippen LogP contribution in [-0.4, -0.2) is 22.3 Å². The summed E-state index contributed by atoms with van der Waals surface area (Å²) in [6, 6.07) is 12.0. The maximum atomic E-state index is 7.49. The molecule has 3 N–H and O–H groups in total. The molecule has 0 aliphatic carbocycles. The number of rotatable bonds is 6. The Morgan fingerprint density at radius 1 is 1.24 bits per heavy atom. The van der Waals surface area contributed by atoms with E-state index >= 15 is 0 Å². The van der Waals surface area contributed by atoms with E-state index < -0.39 is 0 Å². The van der Waals surface area contributed by atoms with Gasteiger partial charge < -0.3 is 5.73 Å². The number of hydrogen-bond acceptors (Lipinski definition) is 3. The van der Waals surface area contributed by atoms with E-state index in [1.54, 1.807) is 0 Å². The summed E-state index contributed by atoms with van der Waals surface area (Å²) in [6.45, 7) is 6.89. The number of pyridine rings is 1. The largest absolute Gasteiger partial charge is 0.384 e. The van der Waals surface area contributed by atoms with Gasteiger partial charge in [0.2, 0.25) is 0 Å². The molecule has 1 aromatic carbocycles. The second-order valence-electron chi connectivity index (χ2n) is 5.18. The highest BCUT2D eigenvalue weighted by Gasteiger charge is 2.08. The van der Waals surface area contributed by atoms with E-state index in [-0.39, 0.29) is 5.84 Å². The first kappa shape index (κ1) is 15.2. The van der Waals surface area contributed by atoms with Crippen molar-refractivity contribution < 1.29 is 0 Å². The Kier molecular flexibility index (Phi) is 5.06. The minimum Gasteiger partial charge on any atom is -0.384 e. The summed E-state index contributed by atoms with van der Waals surface area (Å²) in [7, 11) is 0. The lowest BCUT2D eigenvalue weighted by molar-refractivity contribution is 0.267. The second kappa shape index (κ2) is 6.99. The molecule has 0 saturated heterocycles. The van der Waals surface area contributed by atoms with E-state index in [1.165, 1.54) is 11.1 Å². The Morgan fingerprint density at radius 2 is 2.05 bits per heavy atom. The van der Waals surface area contributed by atoms with Crippen LogP contribution in [0.15, 0.2) is 42.6 Å². The molecule has 0 aliphatic rings. The number of nitrogen functional groups attached to an aromatic ring is 1. The van der Waals surface area contributed by atoms with Crippen LogP contribution in [0.25, 0.3) is 0 Å². The molecule has 2 aromatic rings. The van der Waals surface area contributed by atoms with Gasteiger partial charge in [-0.1, -0.05) is 25.1 Å². The quantitative estimate of drug-likeness (QED) is 0.632. The van der Waals surface area contributed by atoms with E-state index in [2.05, 4.69) is 29.8 Å². The predicted octanol–water partition coefficient (Wildman–Crippen LogP) is 2.70. The zero-order chi connectivity index (χ0) is 15.2. The second-order valence-corrected chi connectivity index (χ2v) is 5.18. The SMILES string of the molecule is CCN(Cc1ccccn1)Cc1ccc(C(=N)N)cc1C. The maximum absolute atomic E-state index is 7.49. The fraction of sp³-hybridized carbons (Fsp3) is 0.294. The summed E-state index contributed by atoms with van der Waals surface area (Å²) < 4.78 is 0. The summed E-state index contributed by atoms with van der Waals surface area (Å²) in [4.78, 5) is 6.73. The van der Waals surface area contributed by atoms with Gasteiger partial charge in [-0.25, -0.2) is 0 Å². The van der Waals surface area contributed by atoms with Crippen molar-refractivity contribution in [2.45, 2.75) is 26.9 Å². The molecule has 0 atom stereocenters. The lowest BCUT2D eigenvalue weighted by Crippen LogP contribution is -2.23. The highest BCUT2D eigenvalue weighted by atomic mass is 15.1. The Balaban J connectivity index is 2.10. The first-order valence-corrected chi connectivity index (χ1v) is 7.16. The Hall–Kier alpha value is -2.20. The predicted molar refractivity (Wildman–Crippen MR) is 86.2 cm³/mol. The normalized spacial score (nSPS) is 10.8. The molecule has 0 fully saturated rings. The van der Waals surface area contributed by atoms with Gasteiger partial charge in [-0.2, -0.15) is 0 Å². The van der Waals surface area contributed by atoms with Gasteiger partial charge in [-0.15, -0.1) is 0 Å². The first-order valence-electron chi connectivity index (χ1n) is 7.16. The lowest BCUT2D eigenvalue weighted by Gasteiger charge is -2.21. The highest BCUT2D eigenvalue weighted by Crippen LogP contribution is 2.14. The molecule has 110 valence electrons. The van der Waals surface area contributed by atoms with Crippen LogP contribution in [0.2, 0.25) is 0 Å². The third-order valence-corrected chi connectivity index (χ3v) is 3.61. The third-order valence-electron chi connectivity index (χ3n) is 3.61. The lowest BCUT2D eigenvalue weighted by atomic mass is 10.0. The molecule has 0 aliphatic heterocycles.